The van der Waals surface area contributed by atoms with Gasteiger partial charge in [0, 0.05) is 25.6 Å². The van der Waals surface area contributed by atoms with Gasteiger partial charge in [-0.3, -0.25) is 19.9 Å². The Morgan fingerprint density at radius 3 is 2.76 bits per heavy atom. The highest BCUT2D eigenvalue weighted by atomic mass is 16.4. The van der Waals surface area contributed by atoms with Gasteiger partial charge in [-0.05, 0) is 12.1 Å². The number of carbonyl (C=O) groups excluding carboxylic acids is 1. The van der Waals surface area contributed by atoms with Crippen LogP contribution in [-0.2, 0) is 11.8 Å². The Labute approximate surface area is 120 Å². The van der Waals surface area contributed by atoms with Gasteiger partial charge in [0.1, 0.15) is 0 Å². The second-order valence-corrected chi connectivity index (χ2v) is 4.80. The van der Waals surface area contributed by atoms with E-state index in [1.165, 1.54) is 10.7 Å². The number of hydrazine groups is 1. The van der Waals surface area contributed by atoms with E-state index in [0.717, 1.165) is 11.3 Å². The van der Waals surface area contributed by atoms with Crippen LogP contribution in [0.3, 0.4) is 0 Å². The van der Waals surface area contributed by atoms with Crippen molar-refractivity contribution in [1.29, 1.82) is 0 Å². The molecule has 0 radical (unpaired) electrons. The number of anilines is 1. The van der Waals surface area contributed by atoms with Gasteiger partial charge in [0.05, 0.1) is 11.4 Å². The highest BCUT2D eigenvalue weighted by Crippen LogP contribution is 2.31. The molecule has 0 bridgehead atoms. The van der Waals surface area contributed by atoms with Gasteiger partial charge >= 0.3 is 5.97 Å². The molecule has 1 aliphatic rings. The molecule has 1 aromatic carbocycles. The van der Waals surface area contributed by atoms with Crippen LogP contribution in [0.15, 0.2) is 30.3 Å². The Balaban J connectivity index is 2.07. The van der Waals surface area contributed by atoms with Gasteiger partial charge in [-0.25, -0.2) is 4.79 Å². The molecule has 1 aliphatic heterocycles. The fourth-order valence-corrected chi connectivity index (χ4v) is 2.41. The van der Waals surface area contributed by atoms with Crippen LogP contribution in [0.1, 0.15) is 16.9 Å². The third kappa shape index (κ3) is 2.33. The van der Waals surface area contributed by atoms with E-state index in [1.54, 1.807) is 12.1 Å². The SMILES string of the molecule is Cn1nc(C(=O)O)cc1-c1ccccc1N1CCC(=O)N1. The zero-order chi connectivity index (χ0) is 15.0. The van der Waals surface area contributed by atoms with Gasteiger partial charge in [-0.15, -0.1) is 0 Å². The molecule has 0 aliphatic carbocycles. The summed E-state index contributed by atoms with van der Waals surface area (Å²) in [5.74, 6) is -1.09. The van der Waals surface area contributed by atoms with E-state index in [4.69, 9.17) is 5.11 Å². The van der Waals surface area contributed by atoms with Crippen molar-refractivity contribution in [2.45, 2.75) is 6.42 Å². The number of amides is 1. The smallest absolute Gasteiger partial charge is 0.356 e. The third-order valence-corrected chi connectivity index (χ3v) is 3.39. The van der Waals surface area contributed by atoms with E-state index in [1.807, 2.05) is 24.3 Å². The molecule has 0 unspecified atom stereocenters. The number of aromatic carboxylic acids is 1. The lowest BCUT2D eigenvalue weighted by atomic mass is 10.1. The fourth-order valence-electron chi connectivity index (χ4n) is 2.41. The number of carboxylic acid groups (broad SMARTS) is 1. The monoisotopic (exact) mass is 286 g/mol. The molecule has 21 heavy (non-hydrogen) atoms. The van der Waals surface area contributed by atoms with Gasteiger partial charge in [0.25, 0.3) is 0 Å². The molecule has 2 aromatic rings. The van der Waals surface area contributed by atoms with Crippen LogP contribution in [0.5, 0.6) is 0 Å². The van der Waals surface area contributed by atoms with E-state index < -0.39 is 5.97 Å². The fraction of sp³-hybridized carbons (Fsp3) is 0.214. The normalized spacial score (nSPS) is 14.3. The molecule has 0 spiro atoms. The molecule has 2 heterocycles. The van der Waals surface area contributed by atoms with Crippen molar-refractivity contribution in [2.24, 2.45) is 7.05 Å². The molecule has 1 saturated heterocycles. The second kappa shape index (κ2) is 4.93. The first-order chi connectivity index (χ1) is 10.1. The lowest BCUT2D eigenvalue weighted by Crippen LogP contribution is -2.33. The average molecular weight is 286 g/mol. The summed E-state index contributed by atoms with van der Waals surface area (Å²) in [5.41, 5.74) is 5.10. The van der Waals surface area contributed by atoms with Gasteiger partial charge in [-0.2, -0.15) is 5.10 Å². The minimum atomic E-state index is -1.07. The van der Waals surface area contributed by atoms with Crippen LogP contribution in [0.2, 0.25) is 0 Å². The molecule has 7 nitrogen and oxygen atoms in total. The number of benzene rings is 1. The molecule has 108 valence electrons. The summed E-state index contributed by atoms with van der Waals surface area (Å²) in [6.45, 7) is 0.583. The van der Waals surface area contributed by atoms with E-state index in [-0.39, 0.29) is 11.6 Å². The van der Waals surface area contributed by atoms with Crippen LogP contribution in [0.4, 0.5) is 5.69 Å². The van der Waals surface area contributed by atoms with E-state index in [9.17, 15) is 9.59 Å². The molecular weight excluding hydrogens is 272 g/mol. The Kier molecular flexibility index (Phi) is 3.09. The number of aryl methyl sites for hydroxylation is 1. The number of aromatic nitrogens is 2. The van der Waals surface area contributed by atoms with Crippen LogP contribution in [-0.4, -0.2) is 33.3 Å². The van der Waals surface area contributed by atoms with Crippen molar-refractivity contribution >= 4 is 17.6 Å². The first-order valence-corrected chi connectivity index (χ1v) is 6.50. The minimum Gasteiger partial charge on any atom is -0.476 e. The second-order valence-electron chi connectivity index (χ2n) is 4.80. The first-order valence-electron chi connectivity index (χ1n) is 6.50. The number of nitrogens with one attached hydrogen (secondary N) is 1. The molecule has 7 heteroatoms. The van der Waals surface area contributed by atoms with Crippen LogP contribution in [0, 0.1) is 0 Å². The lowest BCUT2D eigenvalue weighted by Gasteiger charge is -2.20. The van der Waals surface area contributed by atoms with E-state index in [0.29, 0.717) is 18.7 Å². The standard InChI is InChI=1S/C14H14N4O3/c1-17-12(8-10(15-17)14(20)21)9-4-2-3-5-11(9)18-7-6-13(19)16-18/h2-5,8H,6-7H2,1H3,(H,16,19)(H,20,21). The Morgan fingerprint density at radius 2 is 2.14 bits per heavy atom. The zero-order valence-electron chi connectivity index (χ0n) is 11.4. The molecule has 1 amide bonds. The maximum Gasteiger partial charge on any atom is 0.356 e. The van der Waals surface area contributed by atoms with Gasteiger partial charge in [0.2, 0.25) is 5.91 Å². The van der Waals surface area contributed by atoms with Crippen molar-refractivity contribution < 1.29 is 14.7 Å². The Morgan fingerprint density at radius 1 is 1.38 bits per heavy atom. The Hall–Kier alpha value is -2.83. The number of nitrogens with zero attached hydrogens (tertiary/aromatic N) is 3. The summed E-state index contributed by atoms with van der Waals surface area (Å²) in [6.07, 6.45) is 0.445. The summed E-state index contributed by atoms with van der Waals surface area (Å²) in [7, 11) is 1.70. The quantitative estimate of drug-likeness (QED) is 0.879. The maximum atomic E-state index is 11.4. The van der Waals surface area contributed by atoms with Gasteiger partial charge in [-0.1, -0.05) is 18.2 Å². The highest BCUT2D eigenvalue weighted by Gasteiger charge is 2.23. The number of para-hydroxylation sites is 1. The predicted molar refractivity (Wildman–Crippen MR) is 75.7 cm³/mol. The zero-order valence-corrected chi connectivity index (χ0v) is 11.4. The van der Waals surface area contributed by atoms with Crippen molar-refractivity contribution in [3.8, 4) is 11.3 Å². The van der Waals surface area contributed by atoms with E-state index >= 15 is 0 Å². The predicted octanol–water partition coefficient (Wildman–Crippen LogP) is 1.03. The summed E-state index contributed by atoms with van der Waals surface area (Å²) >= 11 is 0. The average Bonchev–Trinajstić information content (AvgIpc) is 3.05. The number of rotatable bonds is 3. The first kappa shape index (κ1) is 13.2. The number of hydrogen-bond acceptors (Lipinski definition) is 4. The summed E-state index contributed by atoms with van der Waals surface area (Å²) < 4.78 is 1.53. The van der Waals surface area contributed by atoms with Crippen molar-refractivity contribution in [3.63, 3.8) is 0 Å². The van der Waals surface area contributed by atoms with Gasteiger partial charge in [0.15, 0.2) is 5.69 Å². The summed E-state index contributed by atoms with van der Waals surface area (Å²) in [5, 5.41) is 14.8. The van der Waals surface area contributed by atoms with Crippen molar-refractivity contribution in [2.75, 3.05) is 11.6 Å². The lowest BCUT2D eigenvalue weighted by molar-refractivity contribution is -0.119. The topological polar surface area (TPSA) is 87.5 Å². The van der Waals surface area contributed by atoms with Crippen LogP contribution >= 0.6 is 0 Å². The Bertz CT molecular complexity index is 723. The van der Waals surface area contributed by atoms with Crippen LogP contribution in [0.25, 0.3) is 11.3 Å². The third-order valence-electron chi connectivity index (χ3n) is 3.39. The number of carbonyl (C=O) groups is 2. The minimum absolute atomic E-state index is 0.00670. The molecule has 2 N–H and O–H groups in total. The molecule has 0 atom stereocenters. The van der Waals surface area contributed by atoms with E-state index in [2.05, 4.69) is 10.5 Å². The van der Waals surface area contributed by atoms with Crippen molar-refractivity contribution in [3.05, 3.63) is 36.0 Å². The molecule has 0 saturated carbocycles. The summed E-state index contributed by atoms with van der Waals surface area (Å²) in [6, 6.07) is 9.03. The molecule has 1 fully saturated rings. The van der Waals surface area contributed by atoms with Crippen LogP contribution < -0.4 is 10.4 Å². The highest BCUT2D eigenvalue weighted by molar-refractivity contribution is 5.89. The largest absolute Gasteiger partial charge is 0.476 e. The summed E-state index contributed by atoms with van der Waals surface area (Å²) in [4.78, 5) is 22.4. The van der Waals surface area contributed by atoms with Gasteiger partial charge < -0.3 is 5.11 Å². The molecule has 3 rings (SSSR count). The number of hydrogen-bond donors (Lipinski definition) is 2. The van der Waals surface area contributed by atoms with Crippen molar-refractivity contribution in [1.82, 2.24) is 15.2 Å². The maximum absolute atomic E-state index is 11.4. The molecular formula is C14H14N4O3. The molecule has 1 aromatic heterocycles. The number of carboxylic acids is 1.